The van der Waals surface area contributed by atoms with Crippen LogP contribution in [0.4, 0.5) is 4.39 Å². The highest BCUT2D eigenvalue weighted by Crippen LogP contribution is 2.27. The lowest BCUT2D eigenvalue weighted by Gasteiger charge is -2.25. The molecule has 2 aromatic carbocycles. The van der Waals surface area contributed by atoms with E-state index in [-0.39, 0.29) is 11.4 Å². The number of amides is 1. The Hall–Kier alpha value is -2.83. The molecule has 0 bridgehead atoms. The van der Waals surface area contributed by atoms with Crippen LogP contribution in [0.3, 0.4) is 0 Å². The summed E-state index contributed by atoms with van der Waals surface area (Å²) < 4.78 is 13.5. The summed E-state index contributed by atoms with van der Waals surface area (Å²) in [5.74, 6) is -1.04. The molecular formula is C21H18Cl2FN3O2. The van der Waals surface area contributed by atoms with Gasteiger partial charge in [-0.15, -0.1) is 4.91 Å². The molecule has 29 heavy (non-hydrogen) atoms. The molecule has 150 valence electrons. The van der Waals surface area contributed by atoms with E-state index in [0.29, 0.717) is 16.7 Å². The van der Waals surface area contributed by atoms with Gasteiger partial charge >= 0.3 is 5.91 Å². The first-order valence-corrected chi connectivity index (χ1v) is 9.20. The molecule has 0 aliphatic carbocycles. The second kappa shape index (κ2) is 10.1. The van der Waals surface area contributed by atoms with E-state index in [2.05, 4.69) is 16.7 Å². The molecule has 0 aromatic heterocycles. The topological polar surface area (TPSA) is 62.1 Å². The average molecular weight is 434 g/mol. The van der Waals surface area contributed by atoms with E-state index in [4.69, 9.17) is 23.2 Å². The molecule has 1 amide bonds. The minimum absolute atomic E-state index is 0.176. The molecule has 3 rings (SSSR count). The SMILES string of the molecule is C=C(C)C(=O)N=O.CN1CN=C(c2ccc(Cl)cc2Cl)C=C1c1cccc(F)c1. The van der Waals surface area contributed by atoms with Crippen LogP contribution in [0.2, 0.25) is 10.0 Å². The van der Waals surface area contributed by atoms with E-state index in [0.717, 1.165) is 22.5 Å². The Balaban J connectivity index is 0.000000370. The first-order chi connectivity index (χ1) is 13.7. The van der Waals surface area contributed by atoms with Crippen molar-refractivity contribution in [1.29, 1.82) is 0 Å². The first-order valence-electron chi connectivity index (χ1n) is 8.44. The molecule has 0 atom stereocenters. The van der Waals surface area contributed by atoms with Gasteiger partial charge < -0.3 is 4.90 Å². The van der Waals surface area contributed by atoms with Gasteiger partial charge in [0.1, 0.15) is 12.5 Å². The Bertz CT molecular complexity index is 1020. The Kier molecular flexibility index (Phi) is 7.82. The van der Waals surface area contributed by atoms with E-state index >= 15 is 0 Å². The van der Waals surface area contributed by atoms with Crippen LogP contribution >= 0.6 is 23.2 Å². The highest BCUT2D eigenvalue weighted by Gasteiger charge is 2.16. The summed E-state index contributed by atoms with van der Waals surface area (Å²) in [7, 11) is 1.92. The predicted octanol–water partition coefficient (Wildman–Crippen LogP) is 5.72. The number of hydrogen-bond acceptors (Lipinski definition) is 4. The van der Waals surface area contributed by atoms with Crippen LogP contribution in [-0.4, -0.2) is 30.2 Å². The van der Waals surface area contributed by atoms with Gasteiger partial charge in [0.25, 0.3) is 0 Å². The summed E-state index contributed by atoms with van der Waals surface area (Å²) in [6.07, 6.45) is 1.91. The smallest absolute Gasteiger partial charge is 0.311 e. The van der Waals surface area contributed by atoms with Crippen LogP contribution in [-0.2, 0) is 4.79 Å². The quantitative estimate of drug-likeness (QED) is 0.459. The van der Waals surface area contributed by atoms with Crippen LogP contribution in [0.5, 0.6) is 0 Å². The molecule has 0 saturated heterocycles. The third kappa shape index (κ3) is 6.07. The van der Waals surface area contributed by atoms with Crippen molar-refractivity contribution >= 4 is 40.5 Å². The van der Waals surface area contributed by atoms with Gasteiger partial charge in [-0.05, 0) is 43.3 Å². The standard InChI is InChI=1S/C17H13Cl2FN2.C4H5NO2/c1-22-10-21-16(14-6-5-12(18)8-15(14)19)9-17(22)11-3-2-4-13(20)7-11;1-3(2)4(6)5-7/h2-9H,10H2,1H3;1H2,2H3. The fourth-order valence-electron chi connectivity index (χ4n) is 2.43. The molecule has 8 heteroatoms. The second-order valence-corrected chi connectivity index (χ2v) is 7.07. The van der Waals surface area contributed by atoms with Crippen LogP contribution in [0, 0.1) is 10.7 Å². The minimum atomic E-state index is -0.778. The van der Waals surface area contributed by atoms with Gasteiger partial charge in [0, 0.05) is 39.6 Å². The largest absolute Gasteiger partial charge is 0.355 e. The fraction of sp³-hybridized carbons (Fsp3) is 0.143. The lowest BCUT2D eigenvalue weighted by Crippen LogP contribution is -2.23. The molecular weight excluding hydrogens is 416 g/mol. The molecule has 1 aliphatic rings. The molecule has 0 fully saturated rings. The monoisotopic (exact) mass is 433 g/mol. The number of carbonyl (C=O) groups excluding carboxylic acids is 1. The highest BCUT2D eigenvalue weighted by atomic mass is 35.5. The van der Waals surface area contributed by atoms with Crippen molar-refractivity contribution in [3.8, 4) is 0 Å². The van der Waals surface area contributed by atoms with Crippen LogP contribution < -0.4 is 0 Å². The van der Waals surface area contributed by atoms with Gasteiger partial charge in [0.2, 0.25) is 0 Å². The zero-order valence-electron chi connectivity index (χ0n) is 15.8. The molecule has 0 radical (unpaired) electrons. The van der Waals surface area contributed by atoms with E-state index in [1.807, 2.05) is 30.2 Å². The van der Waals surface area contributed by atoms with Crippen LogP contribution in [0.1, 0.15) is 18.1 Å². The van der Waals surface area contributed by atoms with E-state index in [9.17, 15) is 14.1 Å². The maximum absolute atomic E-state index is 13.5. The lowest BCUT2D eigenvalue weighted by atomic mass is 10.0. The summed E-state index contributed by atoms with van der Waals surface area (Å²) in [5, 5.41) is 3.23. The van der Waals surface area contributed by atoms with Crippen molar-refractivity contribution in [2.24, 2.45) is 10.2 Å². The van der Waals surface area contributed by atoms with E-state index in [1.54, 1.807) is 18.2 Å². The predicted molar refractivity (Wildman–Crippen MR) is 116 cm³/mol. The van der Waals surface area contributed by atoms with Crippen LogP contribution in [0.15, 0.2) is 70.9 Å². The van der Waals surface area contributed by atoms with Crippen molar-refractivity contribution < 1.29 is 9.18 Å². The summed E-state index contributed by atoms with van der Waals surface area (Å²) in [4.78, 5) is 25.7. The maximum Gasteiger partial charge on any atom is 0.311 e. The molecule has 0 spiro atoms. The zero-order chi connectivity index (χ0) is 21.6. The first kappa shape index (κ1) is 22.5. The second-order valence-electron chi connectivity index (χ2n) is 6.22. The summed E-state index contributed by atoms with van der Waals surface area (Å²) >= 11 is 12.2. The number of hydrogen-bond donors (Lipinski definition) is 0. The maximum atomic E-state index is 13.5. The molecule has 0 unspecified atom stereocenters. The lowest BCUT2D eigenvalue weighted by molar-refractivity contribution is -0.114. The van der Waals surface area contributed by atoms with Gasteiger partial charge in [-0.1, -0.05) is 41.9 Å². The molecule has 0 N–H and O–H groups in total. The molecule has 5 nitrogen and oxygen atoms in total. The van der Waals surface area contributed by atoms with Crippen molar-refractivity contribution in [2.45, 2.75) is 6.92 Å². The Morgan fingerprint density at radius 1 is 1.24 bits per heavy atom. The van der Waals surface area contributed by atoms with Crippen molar-refractivity contribution in [1.82, 2.24) is 4.90 Å². The number of aliphatic imine (C=N–C) groups is 1. The fourth-order valence-corrected chi connectivity index (χ4v) is 2.94. The summed E-state index contributed by atoms with van der Waals surface area (Å²) in [5.41, 5.74) is 3.46. The van der Waals surface area contributed by atoms with Gasteiger partial charge in [-0.25, -0.2) is 4.39 Å². The Morgan fingerprint density at radius 2 is 1.97 bits per heavy atom. The third-order valence-electron chi connectivity index (χ3n) is 3.91. The Labute approximate surface area is 178 Å². The molecule has 2 aromatic rings. The number of halogens is 3. The summed E-state index contributed by atoms with van der Waals surface area (Å²) in [6, 6.07) is 11.8. The van der Waals surface area contributed by atoms with Crippen molar-refractivity contribution in [3.05, 3.63) is 92.6 Å². The Morgan fingerprint density at radius 3 is 2.52 bits per heavy atom. The number of rotatable bonds is 3. The number of nitrogens with zero attached hydrogens (tertiary/aromatic N) is 3. The average Bonchev–Trinajstić information content (AvgIpc) is 2.68. The minimum Gasteiger partial charge on any atom is -0.355 e. The third-order valence-corrected chi connectivity index (χ3v) is 4.46. The van der Waals surface area contributed by atoms with E-state index < -0.39 is 5.91 Å². The molecule has 0 saturated carbocycles. The van der Waals surface area contributed by atoms with Gasteiger partial charge in [0.15, 0.2) is 0 Å². The highest BCUT2D eigenvalue weighted by molar-refractivity contribution is 6.37. The van der Waals surface area contributed by atoms with E-state index in [1.165, 1.54) is 19.1 Å². The van der Waals surface area contributed by atoms with Gasteiger partial charge in [-0.3, -0.25) is 9.79 Å². The van der Waals surface area contributed by atoms with Gasteiger partial charge in [0.05, 0.1) is 10.7 Å². The number of nitroso groups, excluding NO2 is 1. The summed E-state index contributed by atoms with van der Waals surface area (Å²) in [6.45, 7) is 5.10. The van der Waals surface area contributed by atoms with Crippen molar-refractivity contribution in [2.75, 3.05) is 13.7 Å². The number of allylic oxidation sites excluding steroid dienone is 1. The molecule has 1 heterocycles. The van der Waals surface area contributed by atoms with Crippen molar-refractivity contribution in [3.63, 3.8) is 0 Å². The number of benzene rings is 2. The normalized spacial score (nSPS) is 12.9. The molecule has 1 aliphatic heterocycles. The van der Waals surface area contributed by atoms with Gasteiger partial charge in [-0.2, -0.15) is 0 Å². The number of carbonyl (C=O) groups is 1. The van der Waals surface area contributed by atoms with Crippen LogP contribution in [0.25, 0.3) is 5.70 Å². The zero-order valence-corrected chi connectivity index (χ0v) is 17.3.